The molecule has 0 unspecified atom stereocenters. The van der Waals surface area contributed by atoms with E-state index in [-0.39, 0.29) is 5.41 Å². The molecule has 0 aliphatic rings. The van der Waals surface area contributed by atoms with Crippen LogP contribution in [0.3, 0.4) is 0 Å². The van der Waals surface area contributed by atoms with Crippen LogP contribution in [0.25, 0.3) is 0 Å². The summed E-state index contributed by atoms with van der Waals surface area (Å²) in [6.07, 6.45) is 0. The fraction of sp³-hybridized carbons (Fsp3) is 0.800. The van der Waals surface area contributed by atoms with Gasteiger partial charge in [0.25, 0.3) is 0 Å². The van der Waals surface area contributed by atoms with Crippen molar-refractivity contribution in [2.75, 3.05) is 0 Å². The first-order valence-electron chi connectivity index (χ1n) is 5.32. The minimum Gasteiger partial charge on any atom is -0.413 e. The van der Waals surface area contributed by atoms with E-state index in [4.69, 9.17) is 4.43 Å². The van der Waals surface area contributed by atoms with Crippen LogP contribution in [0.2, 0.25) is 13.1 Å². The summed E-state index contributed by atoms with van der Waals surface area (Å²) in [6, 6.07) is 0. The van der Waals surface area contributed by atoms with Crippen molar-refractivity contribution in [2.24, 2.45) is 7.05 Å². The summed E-state index contributed by atoms with van der Waals surface area (Å²) in [6.45, 7) is 11.3. The van der Waals surface area contributed by atoms with Crippen molar-refractivity contribution in [1.29, 1.82) is 0 Å². The standard InChI is InChI=1S/C10H21N3OSi/c1-10(2,3)9-11-8(12-13(9)4)7-14-15(5)6/h15H,7H2,1-6H3. The average Bonchev–Trinajstić information content (AvgIpc) is 2.42. The Morgan fingerprint density at radius 3 is 2.33 bits per heavy atom. The Hall–Kier alpha value is -0.683. The molecule has 0 radical (unpaired) electrons. The predicted octanol–water partition coefficient (Wildman–Crippen LogP) is 1.61. The summed E-state index contributed by atoms with van der Waals surface area (Å²) in [7, 11) is 0.956. The maximum atomic E-state index is 5.61. The van der Waals surface area contributed by atoms with Gasteiger partial charge in [-0.15, -0.1) is 0 Å². The van der Waals surface area contributed by atoms with Gasteiger partial charge in [-0.2, -0.15) is 5.10 Å². The Morgan fingerprint density at radius 1 is 1.33 bits per heavy atom. The second-order valence-electron chi connectivity index (χ2n) is 5.09. The van der Waals surface area contributed by atoms with E-state index < -0.39 is 9.04 Å². The van der Waals surface area contributed by atoms with E-state index in [9.17, 15) is 0 Å². The van der Waals surface area contributed by atoms with Gasteiger partial charge in [-0.3, -0.25) is 4.68 Å². The molecule has 86 valence electrons. The van der Waals surface area contributed by atoms with Gasteiger partial charge in [-0.1, -0.05) is 20.8 Å². The number of aromatic nitrogens is 3. The average molecular weight is 227 g/mol. The quantitative estimate of drug-likeness (QED) is 0.737. The third-order valence-electron chi connectivity index (χ3n) is 2.02. The highest BCUT2D eigenvalue weighted by Crippen LogP contribution is 2.19. The van der Waals surface area contributed by atoms with Crippen LogP contribution >= 0.6 is 0 Å². The van der Waals surface area contributed by atoms with Gasteiger partial charge in [-0.05, 0) is 13.1 Å². The van der Waals surface area contributed by atoms with Gasteiger partial charge < -0.3 is 4.43 Å². The molecular weight excluding hydrogens is 206 g/mol. The van der Waals surface area contributed by atoms with Gasteiger partial charge in [0.2, 0.25) is 0 Å². The first-order valence-corrected chi connectivity index (χ1v) is 8.11. The molecule has 0 amide bonds. The van der Waals surface area contributed by atoms with Crippen molar-refractivity contribution < 1.29 is 4.43 Å². The lowest BCUT2D eigenvalue weighted by Crippen LogP contribution is -2.17. The van der Waals surface area contributed by atoms with Gasteiger partial charge in [0.1, 0.15) is 5.82 Å². The second kappa shape index (κ2) is 4.45. The van der Waals surface area contributed by atoms with Crippen molar-refractivity contribution in [3.8, 4) is 0 Å². The smallest absolute Gasteiger partial charge is 0.175 e. The van der Waals surface area contributed by atoms with Crippen LogP contribution in [-0.4, -0.2) is 23.8 Å². The number of hydrogen-bond acceptors (Lipinski definition) is 3. The van der Waals surface area contributed by atoms with Gasteiger partial charge in [0.05, 0.1) is 6.61 Å². The SMILES string of the molecule is Cn1nc(CO[SiH](C)C)nc1C(C)(C)C. The minimum atomic E-state index is -0.978. The van der Waals surface area contributed by atoms with Crippen molar-refractivity contribution >= 4 is 9.04 Å². The summed E-state index contributed by atoms with van der Waals surface area (Å²) in [4.78, 5) is 4.50. The lowest BCUT2D eigenvalue weighted by atomic mass is 9.96. The Labute approximate surface area is 93.4 Å². The summed E-state index contributed by atoms with van der Waals surface area (Å²) in [5, 5.41) is 4.35. The molecule has 1 rings (SSSR count). The zero-order valence-electron chi connectivity index (χ0n) is 10.5. The normalized spacial score (nSPS) is 12.5. The van der Waals surface area contributed by atoms with Crippen LogP contribution in [0.1, 0.15) is 32.4 Å². The highest BCUT2D eigenvalue weighted by molar-refractivity contribution is 6.48. The molecule has 0 N–H and O–H groups in total. The molecule has 0 aliphatic carbocycles. The maximum Gasteiger partial charge on any atom is 0.175 e. The second-order valence-corrected chi connectivity index (χ2v) is 7.52. The molecule has 1 aromatic heterocycles. The van der Waals surface area contributed by atoms with E-state index in [1.807, 2.05) is 11.7 Å². The molecule has 0 saturated heterocycles. The Kier molecular flexibility index (Phi) is 3.67. The van der Waals surface area contributed by atoms with Crippen LogP contribution < -0.4 is 0 Å². The van der Waals surface area contributed by atoms with Crippen LogP contribution in [-0.2, 0) is 23.5 Å². The molecule has 0 aromatic carbocycles. The predicted molar refractivity (Wildman–Crippen MR) is 63.4 cm³/mol. The Bertz CT molecular complexity index is 328. The van der Waals surface area contributed by atoms with E-state index in [0.29, 0.717) is 6.61 Å². The van der Waals surface area contributed by atoms with Crippen molar-refractivity contribution in [3.63, 3.8) is 0 Å². The molecule has 1 heterocycles. The van der Waals surface area contributed by atoms with E-state index in [1.165, 1.54) is 0 Å². The third kappa shape index (κ3) is 3.42. The van der Waals surface area contributed by atoms with E-state index in [0.717, 1.165) is 11.6 Å². The number of aryl methyl sites for hydroxylation is 1. The maximum absolute atomic E-state index is 5.61. The number of rotatable bonds is 3. The van der Waals surface area contributed by atoms with Gasteiger partial charge in [0, 0.05) is 12.5 Å². The Morgan fingerprint density at radius 2 is 1.93 bits per heavy atom. The van der Waals surface area contributed by atoms with Crippen LogP contribution in [0.4, 0.5) is 0 Å². The monoisotopic (exact) mass is 227 g/mol. The summed E-state index contributed by atoms with van der Waals surface area (Å²) >= 11 is 0. The van der Waals surface area contributed by atoms with Crippen molar-refractivity contribution in [3.05, 3.63) is 11.6 Å². The number of nitrogens with zero attached hydrogens (tertiary/aromatic N) is 3. The molecule has 0 atom stereocenters. The molecule has 0 spiro atoms. The summed E-state index contributed by atoms with van der Waals surface area (Å²) in [5.74, 6) is 1.80. The molecule has 1 aromatic rings. The summed E-state index contributed by atoms with van der Waals surface area (Å²) < 4.78 is 7.46. The topological polar surface area (TPSA) is 39.9 Å². The van der Waals surface area contributed by atoms with Crippen LogP contribution in [0.5, 0.6) is 0 Å². The molecule has 4 nitrogen and oxygen atoms in total. The largest absolute Gasteiger partial charge is 0.413 e. The van der Waals surface area contributed by atoms with Crippen LogP contribution in [0.15, 0.2) is 0 Å². The van der Waals surface area contributed by atoms with Crippen molar-refractivity contribution in [1.82, 2.24) is 14.8 Å². The number of hydrogen-bond donors (Lipinski definition) is 0. The zero-order valence-corrected chi connectivity index (χ0v) is 11.7. The highest BCUT2D eigenvalue weighted by atomic mass is 28.3. The van der Waals surface area contributed by atoms with E-state index >= 15 is 0 Å². The highest BCUT2D eigenvalue weighted by Gasteiger charge is 2.21. The van der Waals surface area contributed by atoms with Crippen molar-refractivity contribution in [2.45, 2.75) is 45.9 Å². The van der Waals surface area contributed by atoms with E-state index in [1.54, 1.807) is 0 Å². The van der Waals surface area contributed by atoms with Crippen LogP contribution in [0, 0.1) is 0 Å². The fourth-order valence-electron chi connectivity index (χ4n) is 1.39. The molecule has 0 saturated carbocycles. The molecule has 0 fully saturated rings. The third-order valence-corrected chi connectivity index (χ3v) is 2.86. The molecule has 15 heavy (non-hydrogen) atoms. The lowest BCUT2D eigenvalue weighted by Gasteiger charge is -2.15. The summed E-state index contributed by atoms with van der Waals surface area (Å²) in [5.41, 5.74) is 0.0370. The fourth-order valence-corrected chi connectivity index (χ4v) is 1.88. The zero-order chi connectivity index (χ0) is 11.6. The minimum absolute atomic E-state index is 0.0370. The molecular formula is C10H21N3OSi. The molecule has 0 bridgehead atoms. The lowest BCUT2D eigenvalue weighted by molar-refractivity contribution is 0.303. The first kappa shape index (κ1) is 12.4. The molecule has 5 heteroatoms. The van der Waals surface area contributed by atoms with Gasteiger partial charge in [0.15, 0.2) is 14.9 Å². The van der Waals surface area contributed by atoms with Gasteiger partial charge in [-0.25, -0.2) is 4.98 Å². The first-order chi connectivity index (χ1) is 6.80. The Balaban J connectivity index is 2.78. The van der Waals surface area contributed by atoms with Gasteiger partial charge >= 0.3 is 0 Å². The van der Waals surface area contributed by atoms with E-state index in [2.05, 4.69) is 43.9 Å². The molecule has 0 aliphatic heterocycles.